The van der Waals surface area contributed by atoms with Crippen molar-refractivity contribution in [1.82, 2.24) is 0 Å². The molecule has 1 fully saturated rings. The summed E-state index contributed by atoms with van der Waals surface area (Å²) in [4.78, 5) is 0. The summed E-state index contributed by atoms with van der Waals surface area (Å²) in [5.74, 6) is 1.47. The normalized spacial score (nSPS) is 19.9. The minimum absolute atomic E-state index is 0.209. The molecular formula is C25H28FN. The molecule has 0 atom stereocenters. The maximum absolute atomic E-state index is 12.1. The van der Waals surface area contributed by atoms with Gasteiger partial charge in [-0.15, -0.1) is 0 Å². The van der Waals surface area contributed by atoms with Crippen LogP contribution in [0.25, 0.3) is 11.1 Å². The van der Waals surface area contributed by atoms with E-state index in [-0.39, 0.29) is 6.67 Å². The van der Waals surface area contributed by atoms with Crippen LogP contribution in [-0.2, 0) is 0 Å². The van der Waals surface area contributed by atoms with Gasteiger partial charge in [0, 0.05) is 0 Å². The maximum Gasteiger partial charge on any atom is 0.0991 e. The van der Waals surface area contributed by atoms with Crippen LogP contribution in [0.4, 0.5) is 4.39 Å². The lowest BCUT2D eigenvalue weighted by Crippen LogP contribution is -2.12. The summed E-state index contributed by atoms with van der Waals surface area (Å²) in [7, 11) is 0. The van der Waals surface area contributed by atoms with E-state index in [4.69, 9.17) is 5.26 Å². The predicted molar refractivity (Wildman–Crippen MR) is 110 cm³/mol. The molecule has 0 bridgehead atoms. The van der Waals surface area contributed by atoms with E-state index in [0.29, 0.717) is 17.9 Å². The van der Waals surface area contributed by atoms with Crippen molar-refractivity contribution >= 4 is 0 Å². The third-order valence-corrected chi connectivity index (χ3v) is 5.72. The number of alkyl halides is 1. The van der Waals surface area contributed by atoms with Gasteiger partial charge < -0.3 is 0 Å². The first-order chi connectivity index (χ1) is 13.3. The molecule has 0 spiro atoms. The molecular weight excluding hydrogens is 333 g/mol. The summed E-state index contributed by atoms with van der Waals surface area (Å²) in [5.41, 5.74) is 4.51. The fourth-order valence-electron chi connectivity index (χ4n) is 4.02. The Kier molecular flexibility index (Phi) is 7.22. The number of nitrogens with zero attached hydrogens (tertiary/aromatic N) is 1. The van der Waals surface area contributed by atoms with Crippen LogP contribution >= 0.6 is 0 Å². The van der Waals surface area contributed by atoms with Crippen molar-refractivity contribution in [3.05, 3.63) is 71.8 Å². The van der Waals surface area contributed by atoms with Gasteiger partial charge >= 0.3 is 0 Å². The van der Waals surface area contributed by atoms with Crippen LogP contribution in [0.2, 0.25) is 0 Å². The molecule has 0 N–H and O–H groups in total. The monoisotopic (exact) mass is 361 g/mol. The Morgan fingerprint density at radius 1 is 0.889 bits per heavy atom. The smallest absolute Gasteiger partial charge is 0.0991 e. The highest BCUT2D eigenvalue weighted by Crippen LogP contribution is 2.37. The summed E-state index contributed by atoms with van der Waals surface area (Å²) in [6.45, 7) is -0.209. The number of hydrogen-bond acceptors (Lipinski definition) is 1. The molecule has 0 heterocycles. The largest absolute Gasteiger partial charge is 0.251 e. The summed E-state index contributed by atoms with van der Waals surface area (Å²) in [6, 6.07) is 18.9. The van der Waals surface area contributed by atoms with Gasteiger partial charge in [0.2, 0.25) is 0 Å². The lowest BCUT2D eigenvalue weighted by atomic mass is 9.77. The molecule has 2 heteroatoms. The Bertz CT molecular complexity index is 759. The van der Waals surface area contributed by atoms with Gasteiger partial charge in [0.05, 0.1) is 18.3 Å². The van der Waals surface area contributed by atoms with Crippen LogP contribution in [0.1, 0.15) is 62.0 Å². The van der Waals surface area contributed by atoms with Gasteiger partial charge in [-0.1, -0.05) is 48.6 Å². The molecule has 0 aromatic heterocycles. The van der Waals surface area contributed by atoms with E-state index in [0.717, 1.165) is 24.3 Å². The van der Waals surface area contributed by atoms with Crippen LogP contribution < -0.4 is 0 Å². The number of benzene rings is 2. The van der Waals surface area contributed by atoms with Crippen molar-refractivity contribution < 1.29 is 4.39 Å². The average molecular weight is 362 g/mol. The fourth-order valence-corrected chi connectivity index (χ4v) is 4.02. The second-order valence-corrected chi connectivity index (χ2v) is 7.57. The molecule has 1 nitrogen and oxygen atoms in total. The minimum Gasteiger partial charge on any atom is -0.251 e. The highest BCUT2D eigenvalue weighted by Gasteiger charge is 2.21. The third kappa shape index (κ3) is 5.54. The quantitative estimate of drug-likeness (QED) is 0.378. The van der Waals surface area contributed by atoms with Gasteiger partial charge in [0.25, 0.3) is 0 Å². The number of unbranched alkanes of at least 4 members (excludes halogenated alkanes) is 1. The highest BCUT2D eigenvalue weighted by molar-refractivity contribution is 5.64. The average Bonchev–Trinajstić information content (AvgIpc) is 2.74. The summed E-state index contributed by atoms with van der Waals surface area (Å²) >= 11 is 0. The predicted octanol–water partition coefficient (Wildman–Crippen LogP) is 7.20. The number of rotatable bonds is 7. The molecule has 0 unspecified atom stereocenters. The molecule has 140 valence electrons. The fraction of sp³-hybridized carbons (Fsp3) is 0.400. The first kappa shape index (κ1) is 19.4. The van der Waals surface area contributed by atoms with Crippen LogP contribution in [0, 0.1) is 17.2 Å². The van der Waals surface area contributed by atoms with Crippen LogP contribution in [0.5, 0.6) is 0 Å². The maximum atomic E-state index is 12.1. The zero-order valence-electron chi connectivity index (χ0n) is 15.9. The van der Waals surface area contributed by atoms with E-state index in [1.807, 2.05) is 24.3 Å². The van der Waals surface area contributed by atoms with Crippen LogP contribution in [-0.4, -0.2) is 6.67 Å². The molecule has 0 saturated heterocycles. The highest BCUT2D eigenvalue weighted by atomic mass is 19.1. The SMILES string of the molecule is N#Cc1ccc(-c2ccc([C@H]3CC[C@H](C/C=C/CCCF)CC3)cc2)cc1. The Morgan fingerprint density at radius 2 is 1.52 bits per heavy atom. The Morgan fingerprint density at radius 3 is 2.11 bits per heavy atom. The first-order valence-electron chi connectivity index (χ1n) is 10.1. The van der Waals surface area contributed by atoms with E-state index >= 15 is 0 Å². The Hall–Kier alpha value is -2.40. The van der Waals surface area contributed by atoms with Crippen molar-refractivity contribution in [2.45, 2.75) is 50.9 Å². The lowest BCUT2D eigenvalue weighted by Gasteiger charge is -2.28. The Labute approximate surface area is 162 Å². The van der Waals surface area contributed by atoms with Crippen molar-refractivity contribution in [1.29, 1.82) is 5.26 Å². The Balaban J connectivity index is 1.51. The molecule has 3 rings (SSSR count). The van der Waals surface area contributed by atoms with E-state index in [1.54, 1.807) is 0 Å². The molecule has 0 radical (unpaired) electrons. The molecule has 2 aromatic rings. The molecule has 27 heavy (non-hydrogen) atoms. The molecule has 1 aliphatic carbocycles. The summed E-state index contributed by atoms with van der Waals surface area (Å²) in [5, 5.41) is 8.91. The summed E-state index contributed by atoms with van der Waals surface area (Å²) in [6.07, 6.45) is 12.2. The van der Waals surface area contributed by atoms with E-state index in [2.05, 4.69) is 42.5 Å². The lowest BCUT2D eigenvalue weighted by molar-refractivity contribution is 0.328. The van der Waals surface area contributed by atoms with E-state index in [1.165, 1.54) is 36.8 Å². The summed E-state index contributed by atoms with van der Waals surface area (Å²) < 4.78 is 12.1. The van der Waals surface area contributed by atoms with E-state index in [9.17, 15) is 4.39 Å². The molecule has 2 aromatic carbocycles. The zero-order valence-corrected chi connectivity index (χ0v) is 15.9. The molecule has 0 amide bonds. The van der Waals surface area contributed by atoms with Crippen molar-refractivity contribution in [3.63, 3.8) is 0 Å². The van der Waals surface area contributed by atoms with Crippen molar-refractivity contribution in [2.24, 2.45) is 5.92 Å². The number of nitriles is 1. The zero-order chi connectivity index (χ0) is 18.9. The van der Waals surface area contributed by atoms with Crippen LogP contribution in [0.3, 0.4) is 0 Å². The van der Waals surface area contributed by atoms with Gasteiger partial charge in [-0.2, -0.15) is 5.26 Å². The molecule has 1 saturated carbocycles. The standard InChI is InChI=1S/C25H28FN/c26-18-4-2-1-3-5-20-6-10-22(11-7-20)24-14-16-25(17-15-24)23-12-8-21(19-27)9-13-23/h1,3,8-9,12-17,20,22H,2,4-7,10-11,18H2/b3-1+/t20-,22-. The van der Waals surface area contributed by atoms with Gasteiger partial charge in [-0.3, -0.25) is 4.39 Å². The van der Waals surface area contributed by atoms with Gasteiger partial charge in [-0.05, 0) is 85.6 Å². The van der Waals surface area contributed by atoms with Crippen molar-refractivity contribution in [2.75, 3.05) is 6.67 Å². The van der Waals surface area contributed by atoms with E-state index < -0.39 is 0 Å². The molecule has 0 aliphatic heterocycles. The molecule has 1 aliphatic rings. The number of allylic oxidation sites excluding steroid dienone is 2. The topological polar surface area (TPSA) is 23.8 Å². The number of halogens is 1. The van der Waals surface area contributed by atoms with Crippen molar-refractivity contribution in [3.8, 4) is 17.2 Å². The second-order valence-electron chi connectivity index (χ2n) is 7.57. The second kappa shape index (κ2) is 10.1. The minimum atomic E-state index is -0.209. The van der Waals surface area contributed by atoms with Gasteiger partial charge in [0.1, 0.15) is 0 Å². The van der Waals surface area contributed by atoms with Crippen LogP contribution in [0.15, 0.2) is 60.7 Å². The number of hydrogen-bond donors (Lipinski definition) is 0. The van der Waals surface area contributed by atoms with Gasteiger partial charge in [0.15, 0.2) is 0 Å². The van der Waals surface area contributed by atoms with Gasteiger partial charge in [-0.25, -0.2) is 0 Å². The first-order valence-corrected chi connectivity index (χ1v) is 10.1. The third-order valence-electron chi connectivity index (χ3n) is 5.72.